The summed E-state index contributed by atoms with van der Waals surface area (Å²) in [5.41, 5.74) is 0.437. The molecule has 11 nitrogen and oxygen atoms in total. The smallest absolute Gasteiger partial charge is 0.277 e. The molecule has 2 aromatic heterocycles. The molecular formula is C19H12N6O5. The Morgan fingerprint density at radius 2 is 1.63 bits per heavy atom. The Morgan fingerprint density at radius 3 is 2.33 bits per heavy atom. The fraction of sp³-hybridized carbons (Fsp3) is 0. The first-order valence-corrected chi connectivity index (χ1v) is 8.58. The molecule has 0 aliphatic carbocycles. The third-order valence-corrected chi connectivity index (χ3v) is 4.28. The lowest BCUT2D eigenvalue weighted by molar-refractivity contribution is -0.394. The van der Waals surface area contributed by atoms with Gasteiger partial charge >= 0.3 is 0 Å². The van der Waals surface area contributed by atoms with Gasteiger partial charge in [-0.3, -0.25) is 29.4 Å². The first-order valence-electron chi connectivity index (χ1n) is 8.58. The first-order chi connectivity index (χ1) is 14.4. The van der Waals surface area contributed by atoms with Crippen molar-refractivity contribution >= 4 is 28.6 Å². The molecule has 0 fully saturated rings. The first kappa shape index (κ1) is 18.7. The van der Waals surface area contributed by atoms with E-state index in [1.807, 2.05) is 12.1 Å². The number of nitro groups is 2. The Labute approximate surface area is 167 Å². The predicted octanol–water partition coefficient (Wildman–Crippen LogP) is 3.47. The van der Waals surface area contributed by atoms with E-state index in [1.165, 1.54) is 0 Å². The van der Waals surface area contributed by atoms with Crippen molar-refractivity contribution in [3.63, 3.8) is 0 Å². The van der Waals surface area contributed by atoms with Crippen molar-refractivity contribution in [2.45, 2.75) is 0 Å². The maximum Gasteiger partial charge on any atom is 0.277 e. The summed E-state index contributed by atoms with van der Waals surface area (Å²) in [6.07, 6.45) is 1.80. The van der Waals surface area contributed by atoms with E-state index in [-0.39, 0.29) is 5.56 Å². The fourth-order valence-corrected chi connectivity index (χ4v) is 2.91. The van der Waals surface area contributed by atoms with E-state index in [9.17, 15) is 25.0 Å². The zero-order valence-corrected chi connectivity index (χ0v) is 15.1. The van der Waals surface area contributed by atoms with Crippen LogP contribution in [0.15, 0.2) is 66.9 Å². The van der Waals surface area contributed by atoms with Crippen molar-refractivity contribution in [1.29, 1.82) is 0 Å². The van der Waals surface area contributed by atoms with Crippen LogP contribution < -0.4 is 5.32 Å². The number of nitrogens with zero attached hydrogens (tertiary/aromatic N) is 5. The number of hydrogen-bond donors (Lipinski definition) is 1. The summed E-state index contributed by atoms with van der Waals surface area (Å²) in [5.74, 6) is -0.155. The minimum absolute atomic E-state index is 0.200. The SMILES string of the molecule is O=C(Nc1cccc(-c2nnc3ccccn23)c1)c1cc([N+](=O)[O-])cc([N+](=O)[O-])c1. The number of aromatic nitrogens is 3. The quantitative estimate of drug-likeness (QED) is 0.396. The van der Waals surface area contributed by atoms with E-state index < -0.39 is 27.1 Å². The summed E-state index contributed by atoms with van der Waals surface area (Å²) in [6.45, 7) is 0. The number of nitrogens with one attached hydrogen (secondary N) is 1. The summed E-state index contributed by atoms with van der Waals surface area (Å²) >= 11 is 0. The largest absolute Gasteiger partial charge is 0.322 e. The van der Waals surface area contributed by atoms with Crippen LogP contribution in [0.1, 0.15) is 10.4 Å². The number of carbonyl (C=O) groups is 1. The summed E-state index contributed by atoms with van der Waals surface area (Å²) in [6, 6.07) is 15.0. The maximum atomic E-state index is 12.6. The molecule has 0 aliphatic heterocycles. The Morgan fingerprint density at radius 1 is 0.900 bits per heavy atom. The highest BCUT2D eigenvalue weighted by Gasteiger charge is 2.20. The number of non-ortho nitro benzene ring substituents is 2. The Bertz CT molecular complexity index is 1280. The summed E-state index contributed by atoms with van der Waals surface area (Å²) < 4.78 is 1.78. The van der Waals surface area contributed by atoms with Gasteiger partial charge in [-0.05, 0) is 24.3 Å². The van der Waals surface area contributed by atoms with Gasteiger partial charge in [0.2, 0.25) is 0 Å². The number of nitro benzene ring substituents is 2. The maximum absolute atomic E-state index is 12.6. The number of anilines is 1. The van der Waals surface area contributed by atoms with Crippen LogP contribution in [0, 0.1) is 20.2 Å². The lowest BCUT2D eigenvalue weighted by atomic mass is 10.1. The van der Waals surface area contributed by atoms with E-state index in [0.717, 1.165) is 18.2 Å². The third kappa shape index (κ3) is 3.54. The fourth-order valence-electron chi connectivity index (χ4n) is 2.91. The van der Waals surface area contributed by atoms with E-state index >= 15 is 0 Å². The number of amides is 1. The van der Waals surface area contributed by atoms with Crippen LogP contribution in [0.3, 0.4) is 0 Å². The van der Waals surface area contributed by atoms with E-state index in [2.05, 4.69) is 15.5 Å². The highest BCUT2D eigenvalue weighted by Crippen LogP contribution is 2.25. The van der Waals surface area contributed by atoms with Crippen LogP contribution in [0.5, 0.6) is 0 Å². The van der Waals surface area contributed by atoms with Crippen molar-refractivity contribution in [3.8, 4) is 11.4 Å². The number of benzene rings is 2. The lowest BCUT2D eigenvalue weighted by Gasteiger charge is -2.07. The molecule has 1 amide bonds. The molecule has 1 N–H and O–H groups in total. The van der Waals surface area contributed by atoms with Crippen molar-refractivity contribution < 1.29 is 14.6 Å². The monoisotopic (exact) mass is 404 g/mol. The molecule has 0 saturated carbocycles. The molecule has 0 atom stereocenters. The molecule has 4 aromatic rings. The normalized spacial score (nSPS) is 10.7. The van der Waals surface area contributed by atoms with E-state index in [0.29, 0.717) is 22.7 Å². The molecule has 4 rings (SSSR count). The second-order valence-electron chi connectivity index (χ2n) is 6.24. The van der Waals surface area contributed by atoms with Crippen LogP contribution in [0.4, 0.5) is 17.1 Å². The predicted molar refractivity (Wildman–Crippen MR) is 106 cm³/mol. The molecule has 11 heteroatoms. The number of carbonyl (C=O) groups excluding carboxylic acids is 1. The van der Waals surface area contributed by atoms with Crippen LogP contribution in [0.25, 0.3) is 17.0 Å². The molecule has 0 unspecified atom stereocenters. The van der Waals surface area contributed by atoms with Gasteiger partial charge < -0.3 is 5.32 Å². The van der Waals surface area contributed by atoms with Gasteiger partial charge in [-0.25, -0.2) is 0 Å². The molecule has 0 spiro atoms. The molecule has 0 bridgehead atoms. The van der Waals surface area contributed by atoms with Crippen molar-refractivity contribution in [3.05, 3.63) is 92.7 Å². The minimum Gasteiger partial charge on any atom is -0.322 e. The standard InChI is InChI=1S/C19H12N6O5/c26-19(13-9-15(24(27)28)11-16(10-13)25(29)30)20-14-5-3-4-12(8-14)18-22-21-17-6-1-2-7-23(17)18/h1-11H,(H,20,26). The number of fused-ring (bicyclic) bond motifs is 1. The highest BCUT2D eigenvalue weighted by atomic mass is 16.6. The van der Waals surface area contributed by atoms with Crippen molar-refractivity contribution in [2.24, 2.45) is 0 Å². The van der Waals surface area contributed by atoms with Crippen LogP contribution in [-0.2, 0) is 0 Å². The van der Waals surface area contributed by atoms with Crippen LogP contribution in [-0.4, -0.2) is 30.4 Å². The van der Waals surface area contributed by atoms with Crippen LogP contribution in [0.2, 0.25) is 0 Å². The Hall–Kier alpha value is -4.67. The summed E-state index contributed by atoms with van der Waals surface area (Å²) in [4.78, 5) is 33.1. The minimum atomic E-state index is -0.791. The second-order valence-corrected chi connectivity index (χ2v) is 6.24. The molecule has 2 aromatic carbocycles. The number of hydrogen-bond acceptors (Lipinski definition) is 7. The molecule has 0 aliphatic rings. The van der Waals surface area contributed by atoms with Gasteiger partial charge in [-0.15, -0.1) is 10.2 Å². The van der Waals surface area contributed by atoms with Gasteiger partial charge in [0.15, 0.2) is 11.5 Å². The van der Waals surface area contributed by atoms with Gasteiger partial charge in [-0.1, -0.05) is 18.2 Å². The molecule has 2 heterocycles. The van der Waals surface area contributed by atoms with Gasteiger partial charge in [0.05, 0.1) is 21.5 Å². The molecule has 30 heavy (non-hydrogen) atoms. The molecule has 148 valence electrons. The lowest BCUT2D eigenvalue weighted by Crippen LogP contribution is -2.12. The average molecular weight is 404 g/mol. The van der Waals surface area contributed by atoms with E-state index in [4.69, 9.17) is 0 Å². The summed E-state index contributed by atoms with van der Waals surface area (Å²) in [7, 11) is 0. The van der Waals surface area contributed by atoms with Gasteiger partial charge in [-0.2, -0.15) is 0 Å². The zero-order chi connectivity index (χ0) is 21.3. The third-order valence-electron chi connectivity index (χ3n) is 4.28. The summed E-state index contributed by atoms with van der Waals surface area (Å²) in [5, 5.41) is 32.9. The second kappa shape index (κ2) is 7.39. The molecular weight excluding hydrogens is 392 g/mol. The number of pyridine rings is 1. The number of rotatable bonds is 5. The van der Waals surface area contributed by atoms with Crippen molar-refractivity contribution in [1.82, 2.24) is 14.6 Å². The van der Waals surface area contributed by atoms with Crippen LogP contribution >= 0.6 is 0 Å². The van der Waals surface area contributed by atoms with E-state index in [1.54, 1.807) is 40.9 Å². The zero-order valence-electron chi connectivity index (χ0n) is 15.1. The Kier molecular flexibility index (Phi) is 4.60. The van der Waals surface area contributed by atoms with Gasteiger partial charge in [0, 0.05) is 29.6 Å². The van der Waals surface area contributed by atoms with Gasteiger partial charge in [0.25, 0.3) is 17.3 Å². The topological polar surface area (TPSA) is 146 Å². The Balaban J connectivity index is 1.66. The molecule has 0 saturated heterocycles. The van der Waals surface area contributed by atoms with Gasteiger partial charge in [0.1, 0.15) is 0 Å². The molecule has 0 radical (unpaired) electrons. The highest BCUT2D eigenvalue weighted by molar-refractivity contribution is 6.05. The average Bonchev–Trinajstić information content (AvgIpc) is 3.17. The van der Waals surface area contributed by atoms with Crippen molar-refractivity contribution in [2.75, 3.05) is 5.32 Å².